The Morgan fingerprint density at radius 2 is 1.82 bits per heavy atom. The molecule has 0 atom stereocenters. The predicted molar refractivity (Wildman–Crippen MR) is 77.9 cm³/mol. The Balaban J connectivity index is 1.76. The molecule has 0 spiro atoms. The number of hydrogen-bond acceptors (Lipinski definition) is 2. The Hall–Kier alpha value is -3.02. The molecule has 0 aliphatic rings. The third-order valence-electron chi connectivity index (χ3n) is 3.08. The number of carbonyl (C=O) groups is 1. The smallest absolute Gasteiger partial charge is 0.255 e. The number of anilines is 1. The van der Waals surface area contributed by atoms with E-state index in [1.807, 2.05) is 0 Å². The quantitative estimate of drug-likeness (QED) is 0.805. The average molecular weight is 299 g/mol. The van der Waals surface area contributed by atoms with E-state index in [0.29, 0.717) is 5.56 Å². The normalized spacial score (nSPS) is 10.5. The molecule has 3 aromatic rings. The molecule has 0 saturated heterocycles. The first-order valence-electron chi connectivity index (χ1n) is 6.50. The van der Waals surface area contributed by atoms with Crippen LogP contribution in [0.15, 0.2) is 60.9 Å². The highest BCUT2D eigenvalue weighted by Crippen LogP contribution is 2.15. The van der Waals surface area contributed by atoms with Gasteiger partial charge >= 0.3 is 0 Å². The standard InChI is InChI=1S/C16H11F2N3O/c17-14-7-4-12(10-15(14)18)20-16(22)11-2-5-13(6-3-11)21-9-1-8-19-21/h1-10H,(H,20,22). The first-order valence-corrected chi connectivity index (χ1v) is 6.50. The highest BCUT2D eigenvalue weighted by atomic mass is 19.2. The van der Waals surface area contributed by atoms with E-state index in [9.17, 15) is 13.6 Å². The third kappa shape index (κ3) is 2.85. The van der Waals surface area contributed by atoms with Crippen LogP contribution in [0, 0.1) is 11.6 Å². The molecule has 0 unspecified atom stereocenters. The van der Waals surface area contributed by atoms with E-state index >= 15 is 0 Å². The van der Waals surface area contributed by atoms with Gasteiger partial charge in [-0.3, -0.25) is 4.79 Å². The average Bonchev–Trinajstić information content (AvgIpc) is 3.05. The lowest BCUT2D eigenvalue weighted by atomic mass is 10.2. The third-order valence-corrected chi connectivity index (χ3v) is 3.08. The van der Waals surface area contributed by atoms with Gasteiger partial charge in [-0.2, -0.15) is 5.10 Å². The Bertz CT molecular complexity index is 799. The predicted octanol–water partition coefficient (Wildman–Crippen LogP) is 3.40. The number of amides is 1. The van der Waals surface area contributed by atoms with Gasteiger partial charge in [-0.25, -0.2) is 13.5 Å². The lowest BCUT2D eigenvalue weighted by Gasteiger charge is -2.07. The van der Waals surface area contributed by atoms with E-state index in [2.05, 4.69) is 10.4 Å². The van der Waals surface area contributed by atoms with Gasteiger partial charge in [-0.1, -0.05) is 0 Å². The van der Waals surface area contributed by atoms with Crippen molar-refractivity contribution < 1.29 is 13.6 Å². The summed E-state index contributed by atoms with van der Waals surface area (Å²) in [7, 11) is 0. The van der Waals surface area contributed by atoms with Gasteiger partial charge in [0.2, 0.25) is 0 Å². The van der Waals surface area contributed by atoms with Crippen LogP contribution < -0.4 is 5.32 Å². The Kier molecular flexibility index (Phi) is 3.65. The fraction of sp³-hybridized carbons (Fsp3) is 0. The molecule has 1 heterocycles. The lowest BCUT2D eigenvalue weighted by molar-refractivity contribution is 0.102. The molecule has 1 aromatic heterocycles. The molecule has 0 saturated carbocycles. The summed E-state index contributed by atoms with van der Waals surface area (Å²) in [4.78, 5) is 12.1. The molecular weight excluding hydrogens is 288 g/mol. The van der Waals surface area contributed by atoms with Crippen molar-refractivity contribution in [3.05, 3.63) is 78.1 Å². The van der Waals surface area contributed by atoms with E-state index in [0.717, 1.165) is 17.8 Å². The summed E-state index contributed by atoms with van der Waals surface area (Å²) in [5, 5.41) is 6.60. The monoisotopic (exact) mass is 299 g/mol. The van der Waals surface area contributed by atoms with Crippen molar-refractivity contribution >= 4 is 11.6 Å². The van der Waals surface area contributed by atoms with Crippen LogP contribution in [0.4, 0.5) is 14.5 Å². The number of hydrogen-bond donors (Lipinski definition) is 1. The van der Waals surface area contributed by atoms with Gasteiger partial charge in [0.25, 0.3) is 5.91 Å². The number of nitrogens with one attached hydrogen (secondary N) is 1. The molecule has 1 amide bonds. The highest BCUT2D eigenvalue weighted by Gasteiger charge is 2.08. The maximum atomic E-state index is 13.1. The van der Waals surface area contributed by atoms with Crippen molar-refractivity contribution in [2.45, 2.75) is 0 Å². The van der Waals surface area contributed by atoms with Crippen molar-refractivity contribution in [2.75, 3.05) is 5.32 Å². The summed E-state index contributed by atoms with van der Waals surface area (Å²) in [6.45, 7) is 0. The molecule has 1 N–H and O–H groups in total. The minimum absolute atomic E-state index is 0.194. The van der Waals surface area contributed by atoms with Crippen LogP contribution in [0.3, 0.4) is 0 Å². The summed E-state index contributed by atoms with van der Waals surface area (Å²) in [5.74, 6) is -2.37. The number of rotatable bonds is 3. The summed E-state index contributed by atoms with van der Waals surface area (Å²) < 4.78 is 27.6. The van der Waals surface area contributed by atoms with Crippen molar-refractivity contribution in [3.8, 4) is 5.69 Å². The number of benzene rings is 2. The number of aromatic nitrogens is 2. The second-order valence-corrected chi connectivity index (χ2v) is 4.58. The number of carbonyl (C=O) groups excluding carboxylic acids is 1. The molecule has 22 heavy (non-hydrogen) atoms. The first kappa shape index (κ1) is 13.9. The van der Waals surface area contributed by atoms with E-state index < -0.39 is 17.5 Å². The summed E-state index contributed by atoms with van der Waals surface area (Å²) in [6.07, 6.45) is 3.44. The molecular formula is C16H11F2N3O. The summed E-state index contributed by atoms with van der Waals surface area (Å²) >= 11 is 0. The van der Waals surface area contributed by atoms with Crippen LogP contribution in [-0.2, 0) is 0 Å². The summed E-state index contributed by atoms with van der Waals surface area (Å²) in [6, 6.07) is 11.7. The van der Waals surface area contributed by atoms with Crippen molar-refractivity contribution in [3.63, 3.8) is 0 Å². The van der Waals surface area contributed by atoms with Crippen molar-refractivity contribution in [2.24, 2.45) is 0 Å². The van der Waals surface area contributed by atoms with Gasteiger partial charge in [-0.05, 0) is 42.5 Å². The number of halogens is 2. The number of nitrogens with zero attached hydrogens (tertiary/aromatic N) is 2. The zero-order chi connectivity index (χ0) is 15.5. The topological polar surface area (TPSA) is 46.9 Å². The first-order chi connectivity index (χ1) is 10.6. The summed E-state index contributed by atoms with van der Waals surface area (Å²) in [5.41, 5.74) is 1.41. The lowest BCUT2D eigenvalue weighted by Crippen LogP contribution is -2.12. The molecule has 110 valence electrons. The largest absolute Gasteiger partial charge is 0.322 e. The van der Waals surface area contributed by atoms with Crippen LogP contribution in [0.5, 0.6) is 0 Å². The van der Waals surface area contributed by atoms with Gasteiger partial charge in [0.15, 0.2) is 11.6 Å². The Morgan fingerprint density at radius 1 is 1.05 bits per heavy atom. The van der Waals surface area contributed by atoms with E-state index in [1.54, 1.807) is 47.4 Å². The Morgan fingerprint density at radius 3 is 2.45 bits per heavy atom. The maximum absolute atomic E-state index is 13.1. The van der Waals surface area contributed by atoms with Crippen LogP contribution in [0.25, 0.3) is 5.69 Å². The molecule has 3 rings (SSSR count). The highest BCUT2D eigenvalue weighted by molar-refractivity contribution is 6.04. The van der Waals surface area contributed by atoms with Crippen LogP contribution in [0.2, 0.25) is 0 Å². The molecule has 0 fully saturated rings. The maximum Gasteiger partial charge on any atom is 0.255 e. The zero-order valence-electron chi connectivity index (χ0n) is 11.3. The van der Waals surface area contributed by atoms with Crippen LogP contribution in [0.1, 0.15) is 10.4 Å². The van der Waals surface area contributed by atoms with E-state index in [4.69, 9.17) is 0 Å². The van der Waals surface area contributed by atoms with E-state index in [-0.39, 0.29) is 5.69 Å². The zero-order valence-corrected chi connectivity index (χ0v) is 11.3. The van der Waals surface area contributed by atoms with Crippen LogP contribution >= 0.6 is 0 Å². The minimum Gasteiger partial charge on any atom is -0.322 e. The SMILES string of the molecule is O=C(Nc1ccc(F)c(F)c1)c1ccc(-n2cccn2)cc1. The molecule has 0 aliphatic carbocycles. The second kappa shape index (κ2) is 5.77. The molecule has 2 aromatic carbocycles. The van der Waals surface area contributed by atoms with Crippen LogP contribution in [-0.4, -0.2) is 15.7 Å². The van der Waals surface area contributed by atoms with Gasteiger partial charge < -0.3 is 5.32 Å². The van der Waals surface area contributed by atoms with E-state index in [1.165, 1.54) is 6.07 Å². The molecule has 0 bridgehead atoms. The molecule has 0 radical (unpaired) electrons. The Labute approximate surface area is 125 Å². The molecule has 4 nitrogen and oxygen atoms in total. The van der Waals surface area contributed by atoms with Gasteiger partial charge in [0.05, 0.1) is 5.69 Å². The van der Waals surface area contributed by atoms with Crippen molar-refractivity contribution in [1.29, 1.82) is 0 Å². The fourth-order valence-electron chi connectivity index (χ4n) is 1.96. The minimum atomic E-state index is -1.01. The van der Waals surface area contributed by atoms with Crippen molar-refractivity contribution in [1.82, 2.24) is 9.78 Å². The second-order valence-electron chi connectivity index (χ2n) is 4.58. The van der Waals surface area contributed by atoms with Gasteiger partial charge in [0, 0.05) is 29.7 Å². The molecule has 6 heteroatoms. The van der Waals surface area contributed by atoms with Gasteiger partial charge in [0.1, 0.15) is 0 Å². The fourth-order valence-corrected chi connectivity index (χ4v) is 1.96. The van der Waals surface area contributed by atoms with Gasteiger partial charge in [-0.15, -0.1) is 0 Å². The molecule has 0 aliphatic heterocycles.